The minimum atomic E-state index is -0.891. The van der Waals surface area contributed by atoms with Crippen LogP contribution >= 0.6 is 12.4 Å². The molecule has 2 aromatic carbocycles. The van der Waals surface area contributed by atoms with Crippen LogP contribution in [0.1, 0.15) is 48.4 Å². The highest BCUT2D eigenvalue weighted by Crippen LogP contribution is 2.16. The zero-order valence-electron chi connectivity index (χ0n) is 15.7. The highest BCUT2D eigenvalue weighted by atomic mass is 35.5. The number of benzene rings is 2. The van der Waals surface area contributed by atoms with Gasteiger partial charge in [-0.05, 0) is 54.4 Å². The van der Waals surface area contributed by atoms with E-state index in [0.717, 1.165) is 19.3 Å². The number of aliphatic hydroxyl groups excluding tert-OH is 2. The van der Waals surface area contributed by atoms with E-state index < -0.39 is 5.54 Å². The van der Waals surface area contributed by atoms with Crippen LogP contribution in [0.3, 0.4) is 0 Å². The molecule has 0 saturated heterocycles. The number of hydrogen-bond donors (Lipinski definition) is 3. The Balaban J connectivity index is 0.00000338. The zero-order chi connectivity index (χ0) is 18.1. The molecule has 0 radical (unpaired) electrons. The Bertz CT molecular complexity index is 622. The normalized spacial score (nSPS) is 11.2. The number of hydrogen-bond acceptors (Lipinski definition) is 3. The largest absolute Gasteiger partial charge is 0.394 e. The Labute approximate surface area is 163 Å². The molecule has 0 fully saturated rings. The second-order valence-corrected chi connectivity index (χ2v) is 7.09. The Hall–Kier alpha value is -1.39. The first kappa shape index (κ1) is 22.7. The van der Waals surface area contributed by atoms with Gasteiger partial charge in [0.05, 0.1) is 18.8 Å². The van der Waals surface area contributed by atoms with E-state index in [2.05, 4.69) is 55.5 Å². The summed E-state index contributed by atoms with van der Waals surface area (Å²) < 4.78 is 0. The quantitative estimate of drug-likeness (QED) is 0.592. The predicted octanol–water partition coefficient (Wildman–Crippen LogP) is 3.66. The third-order valence-electron chi connectivity index (χ3n) is 4.81. The Kier molecular flexibility index (Phi) is 9.89. The van der Waals surface area contributed by atoms with Crippen molar-refractivity contribution >= 4 is 12.4 Å². The van der Waals surface area contributed by atoms with Gasteiger partial charge in [-0.15, -0.1) is 12.4 Å². The maximum absolute atomic E-state index is 9.25. The molecular weight excluding hydrogens is 346 g/mol. The van der Waals surface area contributed by atoms with Gasteiger partial charge >= 0.3 is 0 Å². The van der Waals surface area contributed by atoms with Crippen molar-refractivity contribution < 1.29 is 10.2 Å². The van der Waals surface area contributed by atoms with Gasteiger partial charge in [0.1, 0.15) is 0 Å². The van der Waals surface area contributed by atoms with Gasteiger partial charge in [-0.1, -0.05) is 61.9 Å². The van der Waals surface area contributed by atoms with E-state index in [0.29, 0.717) is 6.42 Å². The maximum atomic E-state index is 9.25. The van der Waals surface area contributed by atoms with Crippen LogP contribution in [0, 0.1) is 0 Å². The van der Waals surface area contributed by atoms with Crippen LogP contribution in [0.4, 0.5) is 0 Å². The highest BCUT2D eigenvalue weighted by Gasteiger charge is 2.22. The number of aryl methyl sites for hydroxylation is 2. The van der Waals surface area contributed by atoms with Crippen molar-refractivity contribution in [2.75, 3.05) is 13.2 Å². The monoisotopic (exact) mass is 377 g/mol. The summed E-state index contributed by atoms with van der Waals surface area (Å²) in [6.07, 6.45) is 5.90. The minimum absolute atomic E-state index is 0. The van der Waals surface area contributed by atoms with Crippen LogP contribution in [0.25, 0.3) is 0 Å². The molecule has 2 rings (SSSR count). The van der Waals surface area contributed by atoms with Gasteiger partial charge < -0.3 is 15.9 Å². The molecule has 0 aromatic heterocycles. The molecule has 0 aliphatic rings. The van der Waals surface area contributed by atoms with E-state index in [1.54, 1.807) is 0 Å². The summed E-state index contributed by atoms with van der Waals surface area (Å²) in [4.78, 5) is 0. The standard InChI is InChI=1S/C22H31NO2.ClH/c1-2-3-4-18-5-9-20(10-6-18)15-21-11-7-19(8-12-21)13-14-22(23,16-24)17-25;/h5-12,24-25H,2-4,13-17,23H2,1H3;1H. The van der Waals surface area contributed by atoms with Crippen LogP contribution in [-0.2, 0) is 19.3 Å². The number of aliphatic hydroxyl groups is 2. The van der Waals surface area contributed by atoms with Gasteiger partial charge in [0, 0.05) is 0 Å². The lowest BCUT2D eigenvalue weighted by molar-refractivity contribution is 0.115. The minimum Gasteiger partial charge on any atom is -0.394 e. The van der Waals surface area contributed by atoms with Crippen LogP contribution in [0.2, 0.25) is 0 Å². The van der Waals surface area contributed by atoms with E-state index >= 15 is 0 Å². The predicted molar refractivity (Wildman–Crippen MR) is 111 cm³/mol. The lowest BCUT2D eigenvalue weighted by Gasteiger charge is -2.24. The summed E-state index contributed by atoms with van der Waals surface area (Å²) >= 11 is 0. The fourth-order valence-electron chi connectivity index (χ4n) is 2.87. The first-order chi connectivity index (χ1) is 12.1. The molecule has 0 aliphatic heterocycles. The van der Waals surface area contributed by atoms with Gasteiger partial charge in [0.2, 0.25) is 0 Å². The van der Waals surface area contributed by atoms with Crippen LogP contribution in [0.15, 0.2) is 48.5 Å². The molecule has 0 heterocycles. The molecule has 4 heteroatoms. The molecule has 0 atom stereocenters. The van der Waals surface area contributed by atoms with Crippen molar-refractivity contribution in [1.29, 1.82) is 0 Å². The third-order valence-corrected chi connectivity index (χ3v) is 4.81. The molecular formula is C22H32ClNO2. The van der Waals surface area contributed by atoms with Crippen molar-refractivity contribution in [1.82, 2.24) is 0 Å². The zero-order valence-corrected chi connectivity index (χ0v) is 16.5. The van der Waals surface area contributed by atoms with E-state index in [9.17, 15) is 10.2 Å². The average Bonchev–Trinajstić information content (AvgIpc) is 2.66. The molecule has 0 spiro atoms. The molecule has 2 aromatic rings. The number of nitrogens with two attached hydrogens (primary N) is 1. The van der Waals surface area contributed by atoms with E-state index in [4.69, 9.17) is 5.73 Å². The van der Waals surface area contributed by atoms with Gasteiger partial charge in [-0.2, -0.15) is 0 Å². The summed E-state index contributed by atoms with van der Waals surface area (Å²) in [6, 6.07) is 17.5. The van der Waals surface area contributed by atoms with E-state index in [1.807, 2.05) is 0 Å². The number of rotatable bonds is 10. The van der Waals surface area contributed by atoms with E-state index in [-0.39, 0.29) is 25.6 Å². The third kappa shape index (κ3) is 7.08. The molecule has 3 nitrogen and oxygen atoms in total. The van der Waals surface area contributed by atoms with Crippen molar-refractivity contribution in [2.24, 2.45) is 5.73 Å². The van der Waals surface area contributed by atoms with Crippen LogP contribution < -0.4 is 5.73 Å². The first-order valence-electron chi connectivity index (χ1n) is 9.25. The summed E-state index contributed by atoms with van der Waals surface area (Å²) in [7, 11) is 0. The van der Waals surface area contributed by atoms with Crippen molar-refractivity contribution in [3.05, 3.63) is 70.8 Å². The molecule has 0 unspecified atom stereocenters. The fraction of sp³-hybridized carbons (Fsp3) is 0.455. The summed E-state index contributed by atoms with van der Waals surface area (Å²) in [6.45, 7) is 1.82. The Morgan fingerprint density at radius 2 is 1.19 bits per heavy atom. The Morgan fingerprint density at radius 1 is 0.769 bits per heavy atom. The SMILES string of the molecule is CCCCc1ccc(Cc2ccc(CCC(N)(CO)CO)cc2)cc1.Cl. The van der Waals surface area contributed by atoms with E-state index in [1.165, 1.54) is 35.1 Å². The molecule has 0 amide bonds. The van der Waals surface area contributed by atoms with Gasteiger partial charge in [0.15, 0.2) is 0 Å². The number of halogens is 1. The molecule has 4 N–H and O–H groups in total. The Morgan fingerprint density at radius 3 is 1.62 bits per heavy atom. The van der Waals surface area contributed by atoms with Crippen LogP contribution in [0.5, 0.6) is 0 Å². The topological polar surface area (TPSA) is 66.5 Å². The average molecular weight is 378 g/mol. The van der Waals surface area contributed by atoms with Crippen molar-refractivity contribution in [3.63, 3.8) is 0 Å². The second kappa shape index (κ2) is 11.3. The highest BCUT2D eigenvalue weighted by molar-refractivity contribution is 5.85. The first-order valence-corrected chi connectivity index (χ1v) is 9.25. The smallest absolute Gasteiger partial charge is 0.0633 e. The van der Waals surface area contributed by atoms with Crippen LogP contribution in [-0.4, -0.2) is 29.0 Å². The molecule has 0 aliphatic carbocycles. The van der Waals surface area contributed by atoms with Crippen molar-refractivity contribution in [2.45, 2.75) is 51.0 Å². The lowest BCUT2D eigenvalue weighted by atomic mass is 9.93. The molecule has 144 valence electrons. The molecule has 26 heavy (non-hydrogen) atoms. The number of unbranched alkanes of at least 4 members (excludes halogenated alkanes) is 1. The van der Waals surface area contributed by atoms with Crippen molar-refractivity contribution in [3.8, 4) is 0 Å². The van der Waals surface area contributed by atoms with Gasteiger partial charge in [0.25, 0.3) is 0 Å². The van der Waals surface area contributed by atoms with Gasteiger partial charge in [-0.3, -0.25) is 0 Å². The summed E-state index contributed by atoms with van der Waals surface area (Å²) in [5, 5.41) is 18.5. The lowest BCUT2D eigenvalue weighted by Crippen LogP contribution is -2.47. The fourth-order valence-corrected chi connectivity index (χ4v) is 2.87. The second-order valence-electron chi connectivity index (χ2n) is 7.09. The maximum Gasteiger partial charge on any atom is 0.0633 e. The summed E-state index contributed by atoms with van der Waals surface area (Å²) in [5.41, 5.74) is 10.2. The molecule has 0 bridgehead atoms. The van der Waals surface area contributed by atoms with Gasteiger partial charge in [-0.25, -0.2) is 0 Å². The summed E-state index contributed by atoms with van der Waals surface area (Å²) in [5.74, 6) is 0. The molecule has 0 saturated carbocycles.